The minimum Gasteiger partial charge on any atom is -0.385 e. The Morgan fingerprint density at radius 1 is 1.00 bits per heavy atom. The Balaban J connectivity index is 1.78. The van der Waals surface area contributed by atoms with Crippen molar-refractivity contribution in [1.82, 2.24) is 0 Å². The van der Waals surface area contributed by atoms with Crippen molar-refractivity contribution in [2.24, 2.45) is 5.92 Å². The molecule has 1 fully saturated rings. The first-order valence-electron chi connectivity index (χ1n) is 7.71. The van der Waals surface area contributed by atoms with Crippen LogP contribution in [0.1, 0.15) is 57.4 Å². The molecule has 100 valence electrons. The largest absolute Gasteiger partial charge is 0.385 e. The summed E-state index contributed by atoms with van der Waals surface area (Å²) in [7, 11) is 0. The molecule has 1 nitrogen and oxygen atoms in total. The van der Waals surface area contributed by atoms with Crippen molar-refractivity contribution < 1.29 is 0 Å². The summed E-state index contributed by atoms with van der Waals surface area (Å²) >= 11 is 0. The van der Waals surface area contributed by atoms with Gasteiger partial charge in [-0.3, -0.25) is 0 Å². The van der Waals surface area contributed by atoms with Crippen molar-refractivity contribution in [3.8, 4) is 0 Å². The quantitative estimate of drug-likeness (QED) is 0.718. The molecule has 0 atom stereocenters. The molecule has 1 N–H and O–H groups in total. The summed E-state index contributed by atoms with van der Waals surface area (Å²) < 4.78 is 0. The zero-order valence-corrected chi connectivity index (χ0v) is 11.8. The van der Waals surface area contributed by atoms with E-state index in [1.165, 1.54) is 62.6 Å². The SMILES string of the molecule is CCCc1ccc(NCC2CCCCCC2)cc1. The van der Waals surface area contributed by atoms with Gasteiger partial charge < -0.3 is 5.32 Å². The lowest BCUT2D eigenvalue weighted by molar-refractivity contribution is 0.483. The fourth-order valence-corrected chi connectivity index (χ4v) is 2.91. The smallest absolute Gasteiger partial charge is 0.0340 e. The van der Waals surface area contributed by atoms with Crippen LogP contribution in [0.25, 0.3) is 0 Å². The van der Waals surface area contributed by atoms with Gasteiger partial charge in [0.15, 0.2) is 0 Å². The lowest BCUT2D eigenvalue weighted by Gasteiger charge is -2.15. The van der Waals surface area contributed by atoms with Crippen molar-refractivity contribution in [2.75, 3.05) is 11.9 Å². The van der Waals surface area contributed by atoms with E-state index in [-0.39, 0.29) is 0 Å². The molecule has 1 aromatic carbocycles. The number of aryl methyl sites for hydroxylation is 1. The fraction of sp³-hybridized carbons (Fsp3) is 0.647. The molecule has 0 spiro atoms. The minimum absolute atomic E-state index is 0.891. The van der Waals surface area contributed by atoms with Crippen molar-refractivity contribution in [1.29, 1.82) is 0 Å². The van der Waals surface area contributed by atoms with Crippen LogP contribution in [0.2, 0.25) is 0 Å². The minimum atomic E-state index is 0.891. The number of anilines is 1. The molecule has 0 aromatic heterocycles. The van der Waals surface area contributed by atoms with Crippen molar-refractivity contribution in [3.63, 3.8) is 0 Å². The second kappa shape index (κ2) is 7.45. The van der Waals surface area contributed by atoms with E-state index >= 15 is 0 Å². The number of hydrogen-bond acceptors (Lipinski definition) is 1. The molecule has 0 radical (unpaired) electrons. The lowest BCUT2D eigenvalue weighted by Crippen LogP contribution is -2.13. The molecule has 1 heteroatoms. The van der Waals surface area contributed by atoms with Gasteiger partial charge in [0.25, 0.3) is 0 Å². The predicted octanol–water partition coefficient (Wildman–Crippen LogP) is 5.02. The zero-order valence-electron chi connectivity index (χ0n) is 11.8. The van der Waals surface area contributed by atoms with Crippen LogP contribution in [-0.4, -0.2) is 6.54 Å². The topological polar surface area (TPSA) is 12.0 Å². The molecule has 1 aromatic rings. The van der Waals surface area contributed by atoms with Gasteiger partial charge in [0, 0.05) is 12.2 Å². The standard InChI is InChI=1S/C17H27N/c1-2-7-15-10-12-17(13-11-15)18-14-16-8-5-3-4-6-9-16/h10-13,16,18H,2-9,14H2,1H3. The second-order valence-electron chi connectivity index (χ2n) is 5.69. The van der Waals surface area contributed by atoms with E-state index in [0.29, 0.717) is 0 Å². The number of benzene rings is 1. The van der Waals surface area contributed by atoms with Crippen LogP contribution >= 0.6 is 0 Å². The monoisotopic (exact) mass is 245 g/mol. The summed E-state index contributed by atoms with van der Waals surface area (Å²) in [5.74, 6) is 0.891. The van der Waals surface area contributed by atoms with Gasteiger partial charge in [-0.25, -0.2) is 0 Å². The first kappa shape index (κ1) is 13.5. The summed E-state index contributed by atoms with van der Waals surface area (Å²) in [5, 5.41) is 3.61. The third-order valence-corrected chi connectivity index (χ3v) is 4.06. The maximum atomic E-state index is 3.61. The van der Waals surface area contributed by atoms with Crippen molar-refractivity contribution >= 4 is 5.69 Å². The zero-order chi connectivity index (χ0) is 12.6. The van der Waals surface area contributed by atoms with Gasteiger partial charge in [-0.1, -0.05) is 51.2 Å². The molecular weight excluding hydrogens is 218 g/mol. The van der Waals surface area contributed by atoms with E-state index < -0.39 is 0 Å². The molecule has 0 bridgehead atoms. The Bertz CT molecular complexity index is 320. The van der Waals surface area contributed by atoms with Crippen molar-refractivity contribution in [2.45, 2.75) is 58.3 Å². The van der Waals surface area contributed by atoms with E-state index in [2.05, 4.69) is 36.5 Å². The van der Waals surface area contributed by atoms with E-state index in [9.17, 15) is 0 Å². The van der Waals surface area contributed by atoms with Gasteiger partial charge >= 0.3 is 0 Å². The van der Waals surface area contributed by atoms with Gasteiger partial charge in [0.2, 0.25) is 0 Å². The molecule has 1 aliphatic rings. The predicted molar refractivity (Wildman–Crippen MR) is 80.1 cm³/mol. The number of nitrogens with one attached hydrogen (secondary N) is 1. The van der Waals surface area contributed by atoms with E-state index in [1.807, 2.05) is 0 Å². The Morgan fingerprint density at radius 2 is 1.67 bits per heavy atom. The Hall–Kier alpha value is -0.980. The normalized spacial score (nSPS) is 17.4. The van der Waals surface area contributed by atoms with Crippen LogP contribution < -0.4 is 5.32 Å². The van der Waals surface area contributed by atoms with E-state index in [0.717, 1.165) is 12.5 Å². The fourth-order valence-electron chi connectivity index (χ4n) is 2.91. The first-order chi connectivity index (χ1) is 8.88. The van der Waals surface area contributed by atoms with E-state index in [4.69, 9.17) is 0 Å². The molecule has 0 saturated heterocycles. The molecule has 0 aliphatic heterocycles. The first-order valence-corrected chi connectivity index (χ1v) is 7.71. The second-order valence-corrected chi connectivity index (χ2v) is 5.69. The maximum Gasteiger partial charge on any atom is 0.0340 e. The van der Waals surface area contributed by atoms with Gasteiger partial charge in [0.05, 0.1) is 0 Å². The van der Waals surface area contributed by atoms with Gasteiger partial charge in [-0.2, -0.15) is 0 Å². The van der Waals surface area contributed by atoms with Gasteiger partial charge in [0.1, 0.15) is 0 Å². The Kier molecular flexibility index (Phi) is 5.57. The average Bonchev–Trinajstić information content (AvgIpc) is 2.67. The maximum absolute atomic E-state index is 3.61. The summed E-state index contributed by atoms with van der Waals surface area (Å²) in [5.41, 5.74) is 2.75. The highest BCUT2D eigenvalue weighted by Gasteiger charge is 2.11. The Labute approximate surface area is 112 Å². The third kappa shape index (κ3) is 4.36. The highest BCUT2D eigenvalue weighted by atomic mass is 14.9. The molecular formula is C17H27N. The van der Waals surface area contributed by atoms with Crippen LogP contribution in [0.15, 0.2) is 24.3 Å². The van der Waals surface area contributed by atoms with Gasteiger partial charge in [-0.15, -0.1) is 0 Å². The van der Waals surface area contributed by atoms with Crippen LogP contribution in [0.3, 0.4) is 0 Å². The van der Waals surface area contributed by atoms with Crippen LogP contribution in [0.5, 0.6) is 0 Å². The molecule has 1 saturated carbocycles. The lowest BCUT2D eigenvalue weighted by atomic mass is 10.0. The molecule has 0 heterocycles. The third-order valence-electron chi connectivity index (χ3n) is 4.06. The molecule has 2 rings (SSSR count). The molecule has 18 heavy (non-hydrogen) atoms. The Morgan fingerprint density at radius 3 is 2.28 bits per heavy atom. The molecule has 0 amide bonds. The van der Waals surface area contributed by atoms with E-state index in [1.54, 1.807) is 0 Å². The summed E-state index contributed by atoms with van der Waals surface area (Å²) in [6.07, 6.45) is 11.0. The van der Waals surface area contributed by atoms with Crippen LogP contribution in [-0.2, 0) is 6.42 Å². The summed E-state index contributed by atoms with van der Waals surface area (Å²) in [4.78, 5) is 0. The highest BCUT2D eigenvalue weighted by Crippen LogP contribution is 2.23. The average molecular weight is 245 g/mol. The highest BCUT2D eigenvalue weighted by molar-refractivity contribution is 5.44. The van der Waals surface area contributed by atoms with Gasteiger partial charge in [-0.05, 0) is 42.9 Å². The molecule has 0 unspecified atom stereocenters. The van der Waals surface area contributed by atoms with Crippen LogP contribution in [0, 0.1) is 5.92 Å². The summed E-state index contributed by atoms with van der Waals surface area (Å²) in [6.45, 7) is 3.39. The van der Waals surface area contributed by atoms with Crippen LogP contribution in [0.4, 0.5) is 5.69 Å². The number of hydrogen-bond donors (Lipinski definition) is 1. The molecule has 1 aliphatic carbocycles. The number of rotatable bonds is 5. The van der Waals surface area contributed by atoms with Crippen molar-refractivity contribution in [3.05, 3.63) is 29.8 Å². The summed E-state index contributed by atoms with van der Waals surface area (Å²) in [6, 6.07) is 9.00.